The third-order valence-corrected chi connectivity index (χ3v) is 5.08. The number of aromatic nitrogens is 2. The molecule has 1 unspecified atom stereocenters. The Bertz CT molecular complexity index is 919. The number of benzene rings is 1. The summed E-state index contributed by atoms with van der Waals surface area (Å²) in [5.41, 5.74) is 0. The molecule has 1 saturated heterocycles. The molecule has 1 amide bonds. The van der Waals surface area contributed by atoms with E-state index in [0.29, 0.717) is 19.4 Å². The zero-order valence-electron chi connectivity index (χ0n) is 16.9. The van der Waals surface area contributed by atoms with Crippen LogP contribution >= 0.6 is 11.6 Å². The number of nitrogens with one attached hydrogen (secondary N) is 2. The van der Waals surface area contributed by atoms with E-state index in [4.69, 9.17) is 25.5 Å². The third-order valence-electron chi connectivity index (χ3n) is 4.78. The number of ether oxygens (including phenoxy) is 2. The van der Waals surface area contributed by atoms with Crippen LogP contribution in [-0.2, 0) is 4.79 Å². The molecule has 8 nitrogen and oxygen atoms in total. The van der Waals surface area contributed by atoms with Gasteiger partial charge in [-0.1, -0.05) is 23.6 Å². The third kappa shape index (κ3) is 6.70. The molecule has 0 saturated carbocycles. The molecule has 1 aromatic carbocycles. The number of carbonyl (C=O) groups excluding carboxylic acids is 1. The summed E-state index contributed by atoms with van der Waals surface area (Å²) in [6.45, 7) is 0.479. The average Bonchev–Trinajstić information content (AvgIpc) is 3.21. The SMILES string of the molecule is CC(COc1nnc([C@H]2CC[C@H](NC(=O)COc3ccc(Cl)c(F)c3)CN2)o1)C(F)(F)F. The first kappa shape index (κ1) is 24.1. The molecule has 1 fully saturated rings. The van der Waals surface area contributed by atoms with E-state index in [9.17, 15) is 22.4 Å². The highest BCUT2D eigenvalue weighted by Gasteiger charge is 2.37. The molecule has 2 aromatic rings. The lowest BCUT2D eigenvalue weighted by Crippen LogP contribution is -2.48. The summed E-state index contributed by atoms with van der Waals surface area (Å²) in [6, 6.07) is 3.38. The van der Waals surface area contributed by atoms with Crippen molar-refractivity contribution in [1.29, 1.82) is 0 Å². The van der Waals surface area contributed by atoms with E-state index in [2.05, 4.69) is 20.8 Å². The van der Waals surface area contributed by atoms with Crippen LogP contribution in [0.4, 0.5) is 17.6 Å². The van der Waals surface area contributed by atoms with Gasteiger partial charge in [0.25, 0.3) is 5.91 Å². The lowest BCUT2D eigenvalue weighted by Gasteiger charge is -2.28. The number of nitrogens with zero attached hydrogens (tertiary/aromatic N) is 2. The van der Waals surface area contributed by atoms with Gasteiger partial charge in [-0.05, 0) is 25.0 Å². The highest BCUT2D eigenvalue weighted by Crippen LogP contribution is 2.28. The summed E-state index contributed by atoms with van der Waals surface area (Å²) in [7, 11) is 0. The minimum absolute atomic E-state index is 0.0413. The topological polar surface area (TPSA) is 98.5 Å². The second-order valence-electron chi connectivity index (χ2n) is 7.33. The number of piperidine rings is 1. The first-order chi connectivity index (χ1) is 15.1. The van der Waals surface area contributed by atoms with Crippen molar-refractivity contribution >= 4 is 17.5 Å². The van der Waals surface area contributed by atoms with Crippen molar-refractivity contribution in [2.24, 2.45) is 5.92 Å². The Morgan fingerprint density at radius 1 is 1.34 bits per heavy atom. The van der Waals surface area contributed by atoms with Gasteiger partial charge in [-0.25, -0.2) is 4.39 Å². The van der Waals surface area contributed by atoms with Crippen LogP contribution in [0.1, 0.15) is 31.7 Å². The van der Waals surface area contributed by atoms with E-state index >= 15 is 0 Å². The molecule has 3 rings (SSSR count). The lowest BCUT2D eigenvalue weighted by molar-refractivity contribution is -0.177. The molecule has 32 heavy (non-hydrogen) atoms. The van der Waals surface area contributed by atoms with Crippen molar-refractivity contribution in [2.75, 3.05) is 19.8 Å². The van der Waals surface area contributed by atoms with Gasteiger partial charge < -0.3 is 24.5 Å². The van der Waals surface area contributed by atoms with Crippen LogP contribution in [0.5, 0.6) is 11.8 Å². The van der Waals surface area contributed by atoms with Crippen LogP contribution in [0.15, 0.2) is 22.6 Å². The fourth-order valence-corrected chi connectivity index (χ4v) is 3.00. The van der Waals surface area contributed by atoms with Gasteiger partial charge in [0.05, 0.1) is 17.0 Å². The first-order valence-corrected chi connectivity index (χ1v) is 10.1. The summed E-state index contributed by atoms with van der Waals surface area (Å²) in [4.78, 5) is 12.1. The normalized spacial score (nSPS) is 19.9. The molecule has 2 heterocycles. The Morgan fingerprint density at radius 3 is 2.78 bits per heavy atom. The first-order valence-electron chi connectivity index (χ1n) is 9.75. The van der Waals surface area contributed by atoms with Gasteiger partial charge in [0, 0.05) is 18.7 Å². The average molecular weight is 481 g/mol. The number of carbonyl (C=O) groups is 1. The lowest BCUT2D eigenvalue weighted by atomic mass is 10.0. The van der Waals surface area contributed by atoms with Crippen molar-refractivity contribution < 1.29 is 36.2 Å². The molecule has 176 valence electrons. The molecule has 3 atom stereocenters. The number of alkyl halides is 3. The number of halogens is 5. The maximum atomic E-state index is 13.4. The van der Waals surface area contributed by atoms with Gasteiger partial charge in [0.1, 0.15) is 18.2 Å². The molecule has 0 aliphatic carbocycles. The second-order valence-corrected chi connectivity index (χ2v) is 7.73. The van der Waals surface area contributed by atoms with Crippen molar-refractivity contribution in [3.05, 3.63) is 34.9 Å². The van der Waals surface area contributed by atoms with Gasteiger partial charge >= 0.3 is 12.3 Å². The Balaban J connectivity index is 1.39. The van der Waals surface area contributed by atoms with Crippen LogP contribution < -0.4 is 20.1 Å². The predicted molar refractivity (Wildman–Crippen MR) is 104 cm³/mol. The van der Waals surface area contributed by atoms with E-state index in [0.717, 1.165) is 13.0 Å². The van der Waals surface area contributed by atoms with Crippen molar-refractivity contribution in [3.8, 4) is 11.8 Å². The van der Waals surface area contributed by atoms with Gasteiger partial charge in [-0.2, -0.15) is 13.2 Å². The smallest absolute Gasteiger partial charge is 0.414 e. The minimum atomic E-state index is -4.37. The fraction of sp³-hybridized carbons (Fsp3) is 0.526. The summed E-state index contributed by atoms with van der Waals surface area (Å²) < 4.78 is 66.4. The summed E-state index contributed by atoms with van der Waals surface area (Å²) in [5, 5.41) is 13.3. The molecule has 0 bridgehead atoms. The zero-order chi connectivity index (χ0) is 23.3. The highest BCUT2D eigenvalue weighted by atomic mass is 35.5. The Hall–Kier alpha value is -2.60. The van der Waals surface area contributed by atoms with Gasteiger partial charge in [-0.15, -0.1) is 5.10 Å². The highest BCUT2D eigenvalue weighted by molar-refractivity contribution is 6.30. The van der Waals surface area contributed by atoms with Gasteiger partial charge in [0.15, 0.2) is 6.61 Å². The number of hydrogen-bond donors (Lipinski definition) is 2. The summed E-state index contributed by atoms with van der Waals surface area (Å²) in [6.07, 6.45) is -3.58. The molecule has 2 N–H and O–H groups in total. The van der Waals surface area contributed by atoms with E-state index in [-0.39, 0.29) is 47.3 Å². The Labute approximate surface area is 185 Å². The number of rotatable bonds is 8. The van der Waals surface area contributed by atoms with Crippen molar-refractivity contribution in [2.45, 2.75) is 38.0 Å². The minimum Gasteiger partial charge on any atom is -0.484 e. The number of amides is 1. The number of hydrogen-bond acceptors (Lipinski definition) is 7. The van der Waals surface area contributed by atoms with Crippen LogP contribution in [0, 0.1) is 11.7 Å². The van der Waals surface area contributed by atoms with E-state index in [1.54, 1.807) is 0 Å². The summed E-state index contributed by atoms with van der Waals surface area (Å²) >= 11 is 5.59. The maximum Gasteiger partial charge on any atom is 0.414 e. The second kappa shape index (κ2) is 10.3. The van der Waals surface area contributed by atoms with Crippen LogP contribution in [0.3, 0.4) is 0 Å². The quantitative estimate of drug-likeness (QED) is 0.558. The van der Waals surface area contributed by atoms with Crippen LogP contribution in [0.25, 0.3) is 0 Å². The largest absolute Gasteiger partial charge is 0.484 e. The molecular formula is C19H21ClF4N4O4. The monoisotopic (exact) mass is 480 g/mol. The molecular weight excluding hydrogens is 460 g/mol. The summed E-state index contributed by atoms with van der Waals surface area (Å²) in [5.74, 6) is -2.31. The van der Waals surface area contributed by atoms with Crippen molar-refractivity contribution in [1.82, 2.24) is 20.8 Å². The Morgan fingerprint density at radius 2 is 2.12 bits per heavy atom. The predicted octanol–water partition coefficient (Wildman–Crippen LogP) is 3.43. The van der Waals surface area contributed by atoms with Crippen LogP contribution in [0.2, 0.25) is 5.02 Å². The fourth-order valence-electron chi connectivity index (χ4n) is 2.89. The standard InChI is InChI=1S/C19H21ClF4N4O4/c1-10(19(22,23)24)8-31-18-28-27-17(32-18)15-5-2-11(7-25-15)26-16(29)9-30-12-3-4-13(20)14(21)6-12/h3-4,6,10-11,15,25H,2,5,7-9H2,1H3,(H,26,29)/t10?,11-,15+/m0/s1. The molecule has 1 aliphatic rings. The Kier molecular flexibility index (Phi) is 7.77. The van der Waals surface area contributed by atoms with E-state index in [1.165, 1.54) is 12.1 Å². The molecule has 0 radical (unpaired) electrons. The maximum absolute atomic E-state index is 13.4. The van der Waals surface area contributed by atoms with E-state index in [1.807, 2.05) is 0 Å². The van der Waals surface area contributed by atoms with Crippen LogP contribution in [-0.4, -0.2) is 48.1 Å². The molecule has 0 spiro atoms. The van der Waals surface area contributed by atoms with E-state index < -0.39 is 24.5 Å². The van der Waals surface area contributed by atoms with Gasteiger partial charge in [-0.3, -0.25) is 4.79 Å². The molecule has 1 aromatic heterocycles. The van der Waals surface area contributed by atoms with Crippen molar-refractivity contribution in [3.63, 3.8) is 0 Å². The zero-order valence-corrected chi connectivity index (χ0v) is 17.7. The molecule has 13 heteroatoms. The van der Waals surface area contributed by atoms with Gasteiger partial charge in [0.2, 0.25) is 5.89 Å². The molecule has 1 aliphatic heterocycles.